The number of rotatable bonds is 2. The molecule has 17 heavy (non-hydrogen) atoms. The molecule has 1 saturated heterocycles. The summed E-state index contributed by atoms with van der Waals surface area (Å²) in [4.78, 5) is 11.9. The Bertz CT molecular complexity index is 272. The average molecular weight is 241 g/mol. The minimum atomic E-state index is -0.406. The Morgan fingerprint density at radius 2 is 1.82 bits per heavy atom. The maximum Gasteiger partial charge on any atom is 0.323 e. The SMILES string of the molecule is CC1CC(C)CC(OC(=O)[C@H]2C[C@@H](O)CN2)C1. The van der Waals surface area contributed by atoms with E-state index in [1.807, 2.05) is 0 Å². The van der Waals surface area contributed by atoms with Crippen molar-refractivity contribution >= 4 is 5.97 Å². The zero-order valence-corrected chi connectivity index (χ0v) is 10.7. The zero-order valence-electron chi connectivity index (χ0n) is 10.7. The maximum atomic E-state index is 11.9. The summed E-state index contributed by atoms with van der Waals surface area (Å²) in [7, 11) is 0. The van der Waals surface area contributed by atoms with Gasteiger partial charge in [-0.15, -0.1) is 0 Å². The van der Waals surface area contributed by atoms with Gasteiger partial charge in [-0.1, -0.05) is 13.8 Å². The van der Waals surface area contributed by atoms with Gasteiger partial charge in [-0.3, -0.25) is 4.79 Å². The van der Waals surface area contributed by atoms with Crippen LogP contribution >= 0.6 is 0 Å². The van der Waals surface area contributed by atoms with Gasteiger partial charge in [0.05, 0.1) is 6.10 Å². The van der Waals surface area contributed by atoms with Crippen molar-refractivity contribution in [2.45, 2.75) is 57.8 Å². The Labute approximate surface area is 103 Å². The highest BCUT2D eigenvalue weighted by Gasteiger charge is 2.33. The van der Waals surface area contributed by atoms with E-state index in [0.29, 0.717) is 24.8 Å². The second-order valence-electron chi connectivity index (χ2n) is 5.83. The Kier molecular flexibility index (Phi) is 4.05. The summed E-state index contributed by atoms with van der Waals surface area (Å²) in [6.45, 7) is 4.93. The highest BCUT2D eigenvalue weighted by atomic mass is 16.5. The summed E-state index contributed by atoms with van der Waals surface area (Å²) in [5, 5.41) is 12.4. The molecular weight excluding hydrogens is 218 g/mol. The molecule has 0 amide bonds. The highest BCUT2D eigenvalue weighted by Crippen LogP contribution is 2.30. The molecule has 0 bridgehead atoms. The van der Waals surface area contributed by atoms with Gasteiger partial charge in [-0.25, -0.2) is 0 Å². The summed E-state index contributed by atoms with van der Waals surface area (Å²) >= 11 is 0. The van der Waals surface area contributed by atoms with Crippen LogP contribution in [0.2, 0.25) is 0 Å². The van der Waals surface area contributed by atoms with Crippen LogP contribution in [-0.2, 0) is 9.53 Å². The molecular formula is C13H23NO3. The van der Waals surface area contributed by atoms with Crippen LogP contribution in [0.25, 0.3) is 0 Å². The van der Waals surface area contributed by atoms with Crippen molar-refractivity contribution in [1.82, 2.24) is 5.32 Å². The molecule has 2 rings (SSSR count). The predicted molar refractivity (Wildman–Crippen MR) is 64.5 cm³/mol. The highest BCUT2D eigenvalue weighted by molar-refractivity contribution is 5.76. The lowest BCUT2D eigenvalue weighted by Crippen LogP contribution is -2.37. The van der Waals surface area contributed by atoms with Crippen LogP contribution in [0.1, 0.15) is 39.5 Å². The number of β-amino-alcohol motifs (C(OH)–C–C–N with tert-alkyl or cyclic N) is 1. The molecule has 2 aliphatic rings. The van der Waals surface area contributed by atoms with Crippen molar-refractivity contribution in [3.05, 3.63) is 0 Å². The van der Waals surface area contributed by atoms with Crippen molar-refractivity contribution in [2.24, 2.45) is 11.8 Å². The van der Waals surface area contributed by atoms with Gasteiger partial charge in [0.1, 0.15) is 12.1 Å². The van der Waals surface area contributed by atoms with E-state index in [1.165, 1.54) is 6.42 Å². The lowest BCUT2D eigenvalue weighted by Gasteiger charge is -2.31. The van der Waals surface area contributed by atoms with E-state index in [4.69, 9.17) is 4.74 Å². The van der Waals surface area contributed by atoms with E-state index < -0.39 is 6.10 Å². The first-order valence-electron chi connectivity index (χ1n) is 6.66. The molecule has 0 aromatic carbocycles. The van der Waals surface area contributed by atoms with Crippen molar-refractivity contribution in [2.75, 3.05) is 6.54 Å². The van der Waals surface area contributed by atoms with Crippen LogP contribution in [0.15, 0.2) is 0 Å². The first-order chi connectivity index (χ1) is 8.04. The third-order valence-electron chi connectivity index (χ3n) is 3.81. The number of ether oxygens (including phenoxy) is 1. The van der Waals surface area contributed by atoms with Gasteiger partial charge in [0, 0.05) is 13.0 Å². The van der Waals surface area contributed by atoms with Crippen LogP contribution < -0.4 is 5.32 Å². The summed E-state index contributed by atoms with van der Waals surface area (Å²) in [6.07, 6.45) is 3.33. The fraction of sp³-hybridized carbons (Fsp3) is 0.923. The summed E-state index contributed by atoms with van der Waals surface area (Å²) in [5.41, 5.74) is 0. The zero-order chi connectivity index (χ0) is 12.4. The van der Waals surface area contributed by atoms with Crippen LogP contribution in [0.5, 0.6) is 0 Å². The second-order valence-corrected chi connectivity index (χ2v) is 5.83. The smallest absolute Gasteiger partial charge is 0.323 e. The Morgan fingerprint density at radius 1 is 1.18 bits per heavy atom. The largest absolute Gasteiger partial charge is 0.461 e. The molecule has 1 heterocycles. The van der Waals surface area contributed by atoms with Crippen molar-refractivity contribution in [1.29, 1.82) is 0 Å². The quantitative estimate of drug-likeness (QED) is 0.710. The molecule has 1 aliphatic heterocycles. The van der Waals surface area contributed by atoms with E-state index in [9.17, 15) is 9.90 Å². The molecule has 0 radical (unpaired) electrons. The van der Waals surface area contributed by atoms with E-state index >= 15 is 0 Å². The van der Waals surface area contributed by atoms with Crippen molar-refractivity contribution < 1.29 is 14.6 Å². The minimum Gasteiger partial charge on any atom is -0.461 e. The van der Waals surface area contributed by atoms with Crippen LogP contribution in [-0.4, -0.2) is 35.9 Å². The number of hydrogen-bond donors (Lipinski definition) is 2. The molecule has 4 nitrogen and oxygen atoms in total. The van der Waals surface area contributed by atoms with Crippen LogP contribution in [0.3, 0.4) is 0 Å². The molecule has 4 heteroatoms. The molecule has 2 unspecified atom stereocenters. The molecule has 2 fully saturated rings. The van der Waals surface area contributed by atoms with E-state index in [2.05, 4.69) is 19.2 Å². The first kappa shape index (κ1) is 12.8. The van der Waals surface area contributed by atoms with Crippen molar-refractivity contribution in [3.8, 4) is 0 Å². The summed E-state index contributed by atoms with van der Waals surface area (Å²) in [5.74, 6) is 1.09. The number of carbonyl (C=O) groups is 1. The summed E-state index contributed by atoms with van der Waals surface area (Å²) in [6, 6.07) is -0.308. The average Bonchev–Trinajstić information content (AvgIpc) is 2.63. The van der Waals surface area contributed by atoms with Gasteiger partial charge in [-0.05, 0) is 31.1 Å². The lowest BCUT2D eigenvalue weighted by molar-refractivity contribution is -0.154. The van der Waals surface area contributed by atoms with Crippen LogP contribution in [0, 0.1) is 11.8 Å². The first-order valence-corrected chi connectivity index (χ1v) is 6.66. The fourth-order valence-corrected chi connectivity index (χ4v) is 3.11. The minimum absolute atomic E-state index is 0.0702. The van der Waals surface area contributed by atoms with Gasteiger partial charge in [-0.2, -0.15) is 0 Å². The number of nitrogens with one attached hydrogen (secondary N) is 1. The van der Waals surface area contributed by atoms with Gasteiger partial charge in [0.2, 0.25) is 0 Å². The fourth-order valence-electron chi connectivity index (χ4n) is 3.11. The van der Waals surface area contributed by atoms with Gasteiger partial charge >= 0.3 is 5.97 Å². The topological polar surface area (TPSA) is 58.6 Å². The number of carbonyl (C=O) groups excluding carboxylic acids is 1. The third kappa shape index (κ3) is 3.42. The molecule has 1 saturated carbocycles. The second kappa shape index (κ2) is 5.36. The Balaban J connectivity index is 1.81. The lowest BCUT2D eigenvalue weighted by atomic mass is 9.82. The monoisotopic (exact) mass is 241 g/mol. The predicted octanol–water partition coefficient (Wildman–Crippen LogP) is 1.08. The van der Waals surface area contributed by atoms with E-state index in [1.54, 1.807) is 0 Å². The molecule has 0 aromatic heterocycles. The van der Waals surface area contributed by atoms with Gasteiger partial charge in [0.25, 0.3) is 0 Å². The molecule has 2 N–H and O–H groups in total. The maximum absolute atomic E-state index is 11.9. The summed E-state index contributed by atoms with van der Waals surface area (Å²) < 4.78 is 5.55. The van der Waals surface area contributed by atoms with Gasteiger partial charge in [0.15, 0.2) is 0 Å². The van der Waals surface area contributed by atoms with Crippen LogP contribution in [0.4, 0.5) is 0 Å². The van der Waals surface area contributed by atoms with Gasteiger partial charge < -0.3 is 15.2 Å². The molecule has 1 aliphatic carbocycles. The standard InChI is InChI=1S/C13H23NO3/c1-8-3-9(2)5-11(4-8)17-13(16)12-6-10(15)7-14-12/h8-12,14-15H,3-7H2,1-2H3/t8?,9?,10-,11?,12-/m1/s1. The number of aliphatic hydroxyl groups excluding tert-OH is 1. The Morgan fingerprint density at radius 3 is 2.35 bits per heavy atom. The molecule has 98 valence electrons. The third-order valence-corrected chi connectivity index (χ3v) is 3.81. The number of aliphatic hydroxyl groups is 1. The Hall–Kier alpha value is -0.610. The molecule has 0 aromatic rings. The molecule has 4 atom stereocenters. The number of hydrogen-bond acceptors (Lipinski definition) is 4. The van der Waals surface area contributed by atoms with E-state index in [0.717, 1.165) is 12.8 Å². The normalized spacial score (nSPS) is 42.4. The molecule has 0 spiro atoms. The van der Waals surface area contributed by atoms with E-state index in [-0.39, 0.29) is 18.1 Å². The van der Waals surface area contributed by atoms with Crippen molar-refractivity contribution in [3.63, 3.8) is 0 Å². The number of esters is 1.